The summed E-state index contributed by atoms with van der Waals surface area (Å²) in [4.78, 5) is 11.2. The minimum absolute atomic E-state index is 0. The Morgan fingerprint density at radius 1 is 1.58 bits per heavy atom. The average Bonchev–Trinajstić information content (AvgIpc) is 2.55. The molecule has 0 spiro atoms. The van der Waals surface area contributed by atoms with E-state index in [1.807, 2.05) is 0 Å². The summed E-state index contributed by atoms with van der Waals surface area (Å²) in [6.45, 7) is 0. The number of carbonyl (C=O) groups is 1. The third kappa shape index (κ3) is 1.12. The maximum atomic E-state index is 11.2. The van der Waals surface area contributed by atoms with E-state index >= 15 is 0 Å². The number of hydrogen-bond donors (Lipinski definition) is 1. The highest BCUT2D eigenvalue weighted by Gasteiger charge is 2.65. The molecule has 70 valence electrons. The van der Waals surface area contributed by atoms with Gasteiger partial charge in [-0.3, -0.25) is 4.79 Å². The van der Waals surface area contributed by atoms with Crippen molar-refractivity contribution in [1.29, 1.82) is 0 Å². The lowest BCUT2D eigenvalue weighted by Gasteiger charge is -2.10. The van der Waals surface area contributed by atoms with Crippen LogP contribution < -0.4 is 5.73 Å². The normalized spacial score (nSPS) is 42.8. The molecule has 2 fully saturated rings. The number of fused-ring (bicyclic) bond motifs is 1. The molecule has 2 rings (SSSR count). The van der Waals surface area contributed by atoms with Crippen LogP contribution in [0.3, 0.4) is 0 Å². The van der Waals surface area contributed by atoms with Crippen LogP contribution in [0, 0.1) is 11.3 Å². The molecule has 0 bridgehead atoms. The van der Waals surface area contributed by atoms with Gasteiger partial charge in [0.05, 0.1) is 12.5 Å². The Morgan fingerprint density at radius 3 is 2.67 bits per heavy atom. The second kappa shape index (κ2) is 2.89. The fourth-order valence-electron chi connectivity index (χ4n) is 2.39. The van der Waals surface area contributed by atoms with Crippen molar-refractivity contribution in [3.63, 3.8) is 0 Å². The fraction of sp³-hybridized carbons (Fsp3) is 0.875. The Bertz CT molecular complexity index is 209. The maximum Gasteiger partial charge on any atom is 0.312 e. The zero-order valence-corrected chi connectivity index (χ0v) is 7.89. The van der Waals surface area contributed by atoms with Crippen molar-refractivity contribution in [3.8, 4) is 0 Å². The number of hydrogen-bond acceptors (Lipinski definition) is 3. The molecule has 0 unspecified atom stereocenters. The van der Waals surface area contributed by atoms with Crippen molar-refractivity contribution in [2.75, 3.05) is 7.11 Å². The first-order valence-electron chi connectivity index (χ1n) is 4.03. The highest BCUT2D eigenvalue weighted by atomic mass is 35.5. The molecular formula is C8H14ClNO2. The summed E-state index contributed by atoms with van der Waals surface area (Å²) in [7, 11) is 1.45. The van der Waals surface area contributed by atoms with Gasteiger partial charge >= 0.3 is 5.97 Å². The van der Waals surface area contributed by atoms with E-state index in [-0.39, 0.29) is 29.8 Å². The number of methoxy groups -OCH3 is 1. The van der Waals surface area contributed by atoms with E-state index in [1.165, 1.54) is 7.11 Å². The molecule has 0 aromatic heterocycles. The molecule has 2 saturated carbocycles. The lowest BCUT2D eigenvalue weighted by atomic mass is 10.0. The number of carbonyl (C=O) groups excluding carboxylic acids is 1. The summed E-state index contributed by atoms with van der Waals surface area (Å²) < 4.78 is 4.73. The van der Waals surface area contributed by atoms with Gasteiger partial charge in [0.1, 0.15) is 0 Å². The predicted octanol–water partition coefficient (Wildman–Crippen LogP) is 0.709. The number of esters is 1. The Balaban J connectivity index is 0.000000720. The van der Waals surface area contributed by atoms with Crippen LogP contribution >= 0.6 is 12.4 Å². The highest BCUT2D eigenvalue weighted by molar-refractivity contribution is 5.85. The predicted molar refractivity (Wildman–Crippen MR) is 47.0 cm³/mol. The second-order valence-electron chi connectivity index (χ2n) is 3.75. The van der Waals surface area contributed by atoms with Gasteiger partial charge in [0.2, 0.25) is 0 Å². The largest absolute Gasteiger partial charge is 0.469 e. The van der Waals surface area contributed by atoms with E-state index in [0.29, 0.717) is 5.92 Å². The average molecular weight is 192 g/mol. The van der Waals surface area contributed by atoms with Gasteiger partial charge in [0, 0.05) is 6.04 Å². The van der Waals surface area contributed by atoms with E-state index in [4.69, 9.17) is 10.5 Å². The molecule has 12 heavy (non-hydrogen) atoms. The van der Waals surface area contributed by atoms with Crippen LogP contribution in [0.15, 0.2) is 0 Å². The van der Waals surface area contributed by atoms with Crippen LogP contribution in [0.5, 0.6) is 0 Å². The van der Waals surface area contributed by atoms with Gasteiger partial charge < -0.3 is 10.5 Å². The molecule has 0 aromatic rings. The fourth-order valence-corrected chi connectivity index (χ4v) is 2.39. The van der Waals surface area contributed by atoms with Crippen molar-refractivity contribution in [2.24, 2.45) is 17.1 Å². The van der Waals surface area contributed by atoms with Crippen molar-refractivity contribution >= 4 is 18.4 Å². The third-order valence-electron chi connectivity index (χ3n) is 3.04. The van der Waals surface area contributed by atoms with Crippen molar-refractivity contribution in [3.05, 3.63) is 0 Å². The Morgan fingerprint density at radius 2 is 2.25 bits per heavy atom. The number of halogens is 1. The van der Waals surface area contributed by atoms with Crippen molar-refractivity contribution in [2.45, 2.75) is 25.3 Å². The lowest BCUT2D eigenvalue weighted by molar-refractivity contribution is -0.147. The van der Waals surface area contributed by atoms with Crippen LogP contribution in [-0.4, -0.2) is 19.1 Å². The maximum absolute atomic E-state index is 11.2. The Labute approximate surface area is 78.1 Å². The van der Waals surface area contributed by atoms with Crippen molar-refractivity contribution in [1.82, 2.24) is 0 Å². The zero-order valence-electron chi connectivity index (χ0n) is 7.08. The van der Waals surface area contributed by atoms with E-state index in [9.17, 15) is 4.79 Å². The summed E-state index contributed by atoms with van der Waals surface area (Å²) >= 11 is 0. The molecule has 0 aliphatic heterocycles. The van der Waals surface area contributed by atoms with Crippen LogP contribution in [0.1, 0.15) is 19.3 Å². The Kier molecular flexibility index (Phi) is 2.36. The number of nitrogens with two attached hydrogens (primary N) is 1. The molecule has 0 saturated heterocycles. The SMILES string of the molecule is COC(=O)[C@@]12C[C@@H](N)C[C@@H]1C2.Cl. The highest BCUT2D eigenvalue weighted by Crippen LogP contribution is 2.63. The summed E-state index contributed by atoms with van der Waals surface area (Å²) in [5.74, 6) is 0.486. The van der Waals surface area contributed by atoms with Gasteiger partial charge in [-0.25, -0.2) is 0 Å². The standard InChI is InChI=1S/C8H13NO2.ClH/c1-11-7(10)8-3-5(8)2-6(9)4-8;/h5-6H,2-4,9H2,1H3;1H/t5-,6+,8+;/m1./s1. The van der Waals surface area contributed by atoms with Gasteiger partial charge in [0.15, 0.2) is 0 Å². The summed E-state index contributed by atoms with van der Waals surface area (Å²) in [6.07, 6.45) is 2.85. The summed E-state index contributed by atoms with van der Waals surface area (Å²) in [5, 5.41) is 0. The summed E-state index contributed by atoms with van der Waals surface area (Å²) in [5.41, 5.74) is 5.58. The molecule has 2 aliphatic carbocycles. The molecular weight excluding hydrogens is 178 g/mol. The lowest BCUT2D eigenvalue weighted by Crippen LogP contribution is -2.23. The minimum atomic E-state index is -0.145. The number of ether oxygens (including phenoxy) is 1. The van der Waals surface area contributed by atoms with E-state index in [1.54, 1.807) is 0 Å². The first kappa shape index (κ1) is 9.81. The number of rotatable bonds is 1. The second-order valence-corrected chi connectivity index (χ2v) is 3.75. The van der Waals surface area contributed by atoms with Crippen LogP contribution in [0.4, 0.5) is 0 Å². The first-order valence-corrected chi connectivity index (χ1v) is 4.03. The van der Waals surface area contributed by atoms with E-state index in [0.717, 1.165) is 19.3 Å². The topological polar surface area (TPSA) is 52.3 Å². The van der Waals surface area contributed by atoms with Gasteiger partial charge in [-0.2, -0.15) is 0 Å². The molecule has 0 aromatic carbocycles. The van der Waals surface area contributed by atoms with Crippen LogP contribution in [0.2, 0.25) is 0 Å². The van der Waals surface area contributed by atoms with Gasteiger partial charge in [0.25, 0.3) is 0 Å². The van der Waals surface area contributed by atoms with Gasteiger partial charge in [-0.15, -0.1) is 12.4 Å². The zero-order chi connectivity index (χ0) is 8.06. The molecule has 2 N–H and O–H groups in total. The van der Waals surface area contributed by atoms with Gasteiger partial charge in [-0.05, 0) is 25.2 Å². The molecule has 4 heteroatoms. The van der Waals surface area contributed by atoms with Crippen LogP contribution in [-0.2, 0) is 9.53 Å². The smallest absolute Gasteiger partial charge is 0.312 e. The van der Waals surface area contributed by atoms with E-state index in [2.05, 4.69) is 0 Å². The molecule has 0 amide bonds. The molecule has 0 heterocycles. The quantitative estimate of drug-likeness (QED) is 0.622. The van der Waals surface area contributed by atoms with Crippen LogP contribution in [0.25, 0.3) is 0 Å². The monoisotopic (exact) mass is 191 g/mol. The van der Waals surface area contributed by atoms with Crippen molar-refractivity contribution < 1.29 is 9.53 Å². The minimum Gasteiger partial charge on any atom is -0.469 e. The van der Waals surface area contributed by atoms with Gasteiger partial charge in [-0.1, -0.05) is 0 Å². The molecule has 3 atom stereocenters. The molecule has 0 radical (unpaired) electrons. The molecule has 2 aliphatic rings. The molecule has 3 nitrogen and oxygen atoms in total. The first-order chi connectivity index (χ1) is 5.19. The third-order valence-corrected chi connectivity index (χ3v) is 3.04. The summed E-state index contributed by atoms with van der Waals surface area (Å²) in [6, 6.07) is 0.229. The Hall–Kier alpha value is -0.280. The van der Waals surface area contributed by atoms with E-state index < -0.39 is 0 Å².